The number of nitrogens with one attached hydrogen (secondary N) is 1. The first-order valence-electron chi connectivity index (χ1n) is 7.60. The average molecular weight is 469 g/mol. The largest absolute Gasteiger partial charge is 0.416 e. The predicted molar refractivity (Wildman–Crippen MR) is 80.2 cm³/mol. The Balaban J connectivity index is 2.80. The molecular formula is C16H7F12N3. The highest BCUT2D eigenvalue weighted by atomic mass is 19.4. The summed E-state index contributed by atoms with van der Waals surface area (Å²) in [7, 11) is 0. The molecule has 15 heteroatoms. The molecule has 0 spiro atoms. The van der Waals surface area contributed by atoms with Gasteiger partial charge < -0.3 is 0 Å². The number of anilines is 2. The number of benzene rings is 2. The van der Waals surface area contributed by atoms with Crippen LogP contribution in [0.25, 0.3) is 0 Å². The topological polar surface area (TPSA) is 39.5 Å². The van der Waals surface area contributed by atoms with Crippen LogP contribution in [0.15, 0.2) is 41.6 Å². The van der Waals surface area contributed by atoms with Crippen molar-refractivity contribution >= 4 is 11.4 Å². The van der Waals surface area contributed by atoms with E-state index in [0.29, 0.717) is 0 Å². The summed E-state index contributed by atoms with van der Waals surface area (Å²) in [6.07, 6.45) is -21.4. The van der Waals surface area contributed by atoms with E-state index in [1.54, 1.807) is 0 Å². The van der Waals surface area contributed by atoms with Crippen LogP contribution in [-0.4, -0.2) is 0 Å². The van der Waals surface area contributed by atoms with Gasteiger partial charge in [0.25, 0.3) is 0 Å². The quantitative estimate of drug-likeness (QED) is 0.278. The fourth-order valence-electron chi connectivity index (χ4n) is 2.39. The first-order chi connectivity index (χ1) is 13.8. The molecule has 2 aromatic rings. The van der Waals surface area contributed by atoms with Gasteiger partial charge in [0, 0.05) is 0 Å². The van der Waals surface area contributed by atoms with Crippen molar-refractivity contribution in [2.75, 3.05) is 5.01 Å². The summed E-state index contributed by atoms with van der Waals surface area (Å²) in [5.41, 5.74) is -3.13. The lowest BCUT2D eigenvalue weighted by Crippen LogP contribution is -2.17. The molecule has 170 valence electrons. The molecule has 0 atom stereocenters. The van der Waals surface area contributed by atoms with E-state index in [2.05, 4.69) is 5.22 Å². The Morgan fingerprint density at radius 2 is 0.710 bits per heavy atom. The number of rotatable bonds is 3. The Bertz CT molecular complexity index is 830. The molecule has 0 radical (unpaired) electrons. The fourth-order valence-corrected chi connectivity index (χ4v) is 2.39. The monoisotopic (exact) mass is 469 g/mol. The molecule has 0 aliphatic carbocycles. The molecule has 3 nitrogen and oxygen atoms in total. The van der Waals surface area contributed by atoms with Gasteiger partial charge >= 0.3 is 24.7 Å². The Morgan fingerprint density at radius 3 is 0.871 bits per heavy atom. The maximum Gasteiger partial charge on any atom is 0.416 e. The second-order valence-corrected chi connectivity index (χ2v) is 5.94. The summed E-state index contributed by atoms with van der Waals surface area (Å²) in [5, 5.41) is 2.32. The molecule has 0 aliphatic rings. The van der Waals surface area contributed by atoms with E-state index in [0.717, 1.165) is 0 Å². The van der Waals surface area contributed by atoms with Gasteiger partial charge in [-0.1, -0.05) is 5.22 Å². The molecule has 0 amide bonds. The highest BCUT2D eigenvalue weighted by Gasteiger charge is 2.39. The van der Waals surface area contributed by atoms with Gasteiger partial charge in [-0.05, 0) is 36.4 Å². The molecule has 0 unspecified atom stereocenters. The van der Waals surface area contributed by atoms with Gasteiger partial charge in [-0.2, -0.15) is 58.2 Å². The van der Waals surface area contributed by atoms with Crippen molar-refractivity contribution in [2.24, 2.45) is 5.22 Å². The van der Waals surface area contributed by atoms with E-state index in [1.165, 1.54) is 0 Å². The summed E-state index contributed by atoms with van der Waals surface area (Å²) in [6.45, 7) is 0. The van der Waals surface area contributed by atoms with Gasteiger partial charge in [-0.25, -0.2) is 5.01 Å². The Hall–Kier alpha value is -3.00. The molecule has 0 saturated heterocycles. The average Bonchev–Trinajstić information content (AvgIpc) is 2.59. The van der Waals surface area contributed by atoms with Gasteiger partial charge in [0.15, 0.2) is 0 Å². The first-order valence-corrected chi connectivity index (χ1v) is 7.60. The lowest BCUT2D eigenvalue weighted by atomic mass is 10.1. The zero-order chi connectivity index (χ0) is 24.0. The molecule has 31 heavy (non-hydrogen) atoms. The summed E-state index contributed by atoms with van der Waals surface area (Å²) < 4.78 is 156. The smallest absolute Gasteiger partial charge is 0.216 e. The first kappa shape index (κ1) is 24.3. The van der Waals surface area contributed by atoms with E-state index in [4.69, 9.17) is 5.53 Å². The van der Waals surface area contributed by atoms with E-state index < -0.39 is 58.3 Å². The minimum Gasteiger partial charge on any atom is -0.216 e. The molecular weight excluding hydrogens is 462 g/mol. The van der Waals surface area contributed by atoms with E-state index in [-0.39, 0.29) is 41.4 Å². The highest BCUT2D eigenvalue weighted by Crippen LogP contribution is 2.43. The number of hydrogen-bond acceptors (Lipinski definition) is 2. The van der Waals surface area contributed by atoms with Crippen molar-refractivity contribution in [1.82, 2.24) is 0 Å². The van der Waals surface area contributed by atoms with Gasteiger partial charge in [-0.15, -0.1) is 0 Å². The van der Waals surface area contributed by atoms with Crippen LogP contribution in [0.5, 0.6) is 0 Å². The molecule has 0 saturated carbocycles. The Kier molecular flexibility index (Phi) is 5.95. The zero-order valence-electron chi connectivity index (χ0n) is 14.4. The molecule has 0 fully saturated rings. The standard InChI is InChI=1S/C16H7F12N3/c17-13(18,19)7-1-8(14(20,21)22)4-11(3-7)31(30-29)12-5-9(15(23,24)25)2-10(6-12)16(26,27)28/h1-6,29H. The van der Waals surface area contributed by atoms with Crippen molar-refractivity contribution in [2.45, 2.75) is 24.7 Å². The molecule has 0 bridgehead atoms. The second kappa shape index (κ2) is 7.60. The van der Waals surface area contributed by atoms with Gasteiger partial charge in [-0.3, -0.25) is 0 Å². The van der Waals surface area contributed by atoms with Gasteiger partial charge in [0.2, 0.25) is 0 Å². The second-order valence-electron chi connectivity index (χ2n) is 5.94. The van der Waals surface area contributed by atoms with Crippen molar-refractivity contribution in [1.29, 1.82) is 5.53 Å². The number of halogens is 12. The summed E-state index contributed by atoms with van der Waals surface area (Å²) in [4.78, 5) is 0. The molecule has 1 N–H and O–H groups in total. The van der Waals surface area contributed by atoms with Crippen LogP contribution in [0.3, 0.4) is 0 Å². The van der Waals surface area contributed by atoms with E-state index in [1.807, 2.05) is 0 Å². The SMILES string of the molecule is N=NN(c1cc(C(F)(F)F)cc(C(F)(F)F)c1)c1cc(C(F)(F)F)cc(C(F)(F)F)c1. The molecule has 2 rings (SSSR count). The Labute approximate surface area is 164 Å². The minimum atomic E-state index is -5.35. The summed E-state index contributed by atoms with van der Waals surface area (Å²) in [6, 6.07) is -0.610. The van der Waals surface area contributed by atoms with Crippen LogP contribution in [0, 0.1) is 5.53 Å². The van der Waals surface area contributed by atoms with Crippen molar-refractivity contribution in [3.05, 3.63) is 58.7 Å². The van der Waals surface area contributed by atoms with Gasteiger partial charge in [0.05, 0.1) is 33.6 Å². The minimum absolute atomic E-state index is 0.000797. The number of nitrogens with zero attached hydrogens (tertiary/aromatic N) is 2. The van der Waals surface area contributed by atoms with Crippen molar-refractivity contribution < 1.29 is 52.7 Å². The molecule has 2 aromatic carbocycles. The van der Waals surface area contributed by atoms with Crippen LogP contribution in [0.4, 0.5) is 64.1 Å². The number of hydrogen-bond donors (Lipinski definition) is 1. The van der Waals surface area contributed by atoms with Gasteiger partial charge in [0.1, 0.15) is 0 Å². The summed E-state index contributed by atoms with van der Waals surface area (Å²) in [5.74, 6) is 0. The van der Waals surface area contributed by atoms with E-state index >= 15 is 0 Å². The van der Waals surface area contributed by atoms with E-state index in [9.17, 15) is 52.7 Å². The number of alkyl halides is 12. The van der Waals surface area contributed by atoms with Crippen LogP contribution in [0.2, 0.25) is 0 Å². The molecule has 0 heterocycles. The van der Waals surface area contributed by atoms with Crippen LogP contribution < -0.4 is 5.01 Å². The Morgan fingerprint density at radius 1 is 0.484 bits per heavy atom. The molecule has 0 aromatic heterocycles. The summed E-state index contributed by atoms with van der Waals surface area (Å²) >= 11 is 0. The predicted octanol–water partition coefficient (Wildman–Crippen LogP) is 7.85. The van der Waals surface area contributed by atoms with Crippen LogP contribution in [-0.2, 0) is 24.7 Å². The third kappa shape index (κ3) is 5.58. The maximum absolute atomic E-state index is 13.0. The molecule has 0 aliphatic heterocycles. The third-order valence-corrected chi connectivity index (χ3v) is 3.73. The lowest BCUT2D eigenvalue weighted by Gasteiger charge is -2.23. The lowest BCUT2D eigenvalue weighted by molar-refractivity contribution is -0.144. The fraction of sp³-hybridized carbons (Fsp3) is 0.250. The van der Waals surface area contributed by atoms with Crippen LogP contribution >= 0.6 is 0 Å². The zero-order valence-corrected chi connectivity index (χ0v) is 14.4. The normalized spacial score (nSPS) is 13.3. The highest BCUT2D eigenvalue weighted by molar-refractivity contribution is 5.66. The van der Waals surface area contributed by atoms with Crippen molar-refractivity contribution in [3.63, 3.8) is 0 Å². The third-order valence-electron chi connectivity index (χ3n) is 3.73. The van der Waals surface area contributed by atoms with Crippen LogP contribution in [0.1, 0.15) is 22.3 Å². The maximum atomic E-state index is 13.0. The van der Waals surface area contributed by atoms with Crippen molar-refractivity contribution in [3.8, 4) is 0 Å².